The Balaban J connectivity index is 2.81. The molecule has 0 bridgehead atoms. The first-order valence-electron chi connectivity index (χ1n) is 8.80. The molecule has 0 amide bonds. The van der Waals surface area contributed by atoms with Crippen molar-refractivity contribution in [3.8, 4) is 0 Å². The number of ether oxygens (including phenoxy) is 1. The predicted molar refractivity (Wildman–Crippen MR) is 93.2 cm³/mol. The van der Waals surface area contributed by atoms with Crippen molar-refractivity contribution in [1.82, 2.24) is 0 Å². The summed E-state index contributed by atoms with van der Waals surface area (Å²) in [6, 6.07) is 0. The van der Waals surface area contributed by atoms with E-state index in [1.165, 1.54) is 19.3 Å². The topological polar surface area (TPSA) is 9.23 Å². The van der Waals surface area contributed by atoms with Crippen LogP contribution in [0.25, 0.3) is 0 Å². The molecule has 0 aromatic heterocycles. The van der Waals surface area contributed by atoms with Gasteiger partial charge in [0, 0.05) is 5.92 Å². The third-order valence-corrected chi connectivity index (χ3v) is 5.59. The van der Waals surface area contributed by atoms with Gasteiger partial charge in [-0.15, -0.1) is 0 Å². The van der Waals surface area contributed by atoms with Gasteiger partial charge in [0.25, 0.3) is 0 Å². The first-order chi connectivity index (χ1) is 9.45. The summed E-state index contributed by atoms with van der Waals surface area (Å²) >= 11 is 0. The molecule has 0 spiro atoms. The lowest BCUT2D eigenvalue weighted by molar-refractivity contribution is -0.0260. The second-order valence-electron chi connectivity index (χ2n) is 9.35. The third kappa shape index (κ3) is 5.34. The molecule has 0 heterocycles. The number of allylic oxidation sites excluding steroid dienone is 1. The van der Waals surface area contributed by atoms with Gasteiger partial charge in [-0.3, -0.25) is 0 Å². The highest BCUT2D eigenvalue weighted by molar-refractivity contribution is 4.94. The van der Waals surface area contributed by atoms with Crippen LogP contribution in [-0.2, 0) is 4.74 Å². The molecule has 3 unspecified atom stereocenters. The molecule has 3 atom stereocenters. The maximum Gasteiger partial charge on any atom is 0.0988 e. The molecular formula is C20H38O. The van der Waals surface area contributed by atoms with Crippen LogP contribution < -0.4 is 0 Å². The monoisotopic (exact) mass is 294 g/mol. The molecule has 0 N–H and O–H groups in total. The van der Waals surface area contributed by atoms with Crippen molar-refractivity contribution in [3.05, 3.63) is 12.3 Å². The molecule has 21 heavy (non-hydrogen) atoms. The van der Waals surface area contributed by atoms with Crippen LogP contribution in [0.4, 0.5) is 0 Å². The van der Waals surface area contributed by atoms with Crippen molar-refractivity contribution in [1.29, 1.82) is 0 Å². The summed E-state index contributed by atoms with van der Waals surface area (Å²) in [6.45, 7) is 22.9. The van der Waals surface area contributed by atoms with Crippen LogP contribution in [0.15, 0.2) is 12.3 Å². The second kappa shape index (κ2) is 6.75. The van der Waals surface area contributed by atoms with Crippen molar-refractivity contribution in [2.45, 2.75) is 87.2 Å². The molecular weight excluding hydrogens is 256 g/mol. The van der Waals surface area contributed by atoms with Gasteiger partial charge in [0.2, 0.25) is 0 Å². The lowest BCUT2D eigenvalue weighted by Gasteiger charge is -2.46. The van der Waals surface area contributed by atoms with Crippen LogP contribution in [0, 0.1) is 28.6 Å². The van der Waals surface area contributed by atoms with Gasteiger partial charge in [0.1, 0.15) is 0 Å². The first kappa shape index (κ1) is 18.6. The van der Waals surface area contributed by atoms with Crippen molar-refractivity contribution in [3.63, 3.8) is 0 Å². The van der Waals surface area contributed by atoms with Gasteiger partial charge < -0.3 is 4.74 Å². The molecule has 0 saturated heterocycles. The Morgan fingerprint density at radius 2 is 1.43 bits per heavy atom. The molecule has 0 aliphatic heterocycles. The van der Waals surface area contributed by atoms with E-state index in [0.717, 1.165) is 24.0 Å². The zero-order valence-electron chi connectivity index (χ0n) is 15.8. The lowest BCUT2D eigenvalue weighted by atomic mass is 9.62. The highest BCUT2D eigenvalue weighted by atomic mass is 16.5. The summed E-state index contributed by atoms with van der Waals surface area (Å²) in [6.07, 6.45) is 5.17. The summed E-state index contributed by atoms with van der Waals surface area (Å²) < 4.78 is 6.30. The van der Waals surface area contributed by atoms with Gasteiger partial charge in [-0.25, -0.2) is 0 Å². The van der Waals surface area contributed by atoms with E-state index in [9.17, 15) is 0 Å². The highest BCUT2D eigenvalue weighted by Gasteiger charge is 2.40. The smallest absolute Gasteiger partial charge is 0.0988 e. The Morgan fingerprint density at radius 1 is 1.00 bits per heavy atom. The van der Waals surface area contributed by atoms with Crippen molar-refractivity contribution < 1.29 is 4.74 Å². The van der Waals surface area contributed by atoms with Gasteiger partial charge in [-0.2, -0.15) is 0 Å². The molecule has 1 nitrogen and oxygen atoms in total. The number of rotatable bonds is 4. The number of hydrogen-bond donors (Lipinski definition) is 0. The van der Waals surface area contributed by atoms with E-state index in [-0.39, 0.29) is 0 Å². The van der Waals surface area contributed by atoms with E-state index in [0.29, 0.717) is 22.9 Å². The second-order valence-corrected chi connectivity index (χ2v) is 9.35. The van der Waals surface area contributed by atoms with E-state index in [2.05, 4.69) is 62.0 Å². The first-order valence-corrected chi connectivity index (χ1v) is 8.80. The minimum atomic E-state index is 0.355. The molecule has 0 aromatic rings. The van der Waals surface area contributed by atoms with E-state index < -0.39 is 0 Å². The fraction of sp³-hybridized carbons (Fsp3) is 0.900. The normalized spacial score (nSPS) is 29.0. The van der Waals surface area contributed by atoms with E-state index in [1.54, 1.807) is 0 Å². The molecule has 0 radical (unpaired) electrons. The lowest BCUT2D eigenvalue weighted by Crippen LogP contribution is -2.39. The molecule has 1 fully saturated rings. The highest BCUT2D eigenvalue weighted by Crippen LogP contribution is 2.47. The van der Waals surface area contributed by atoms with Gasteiger partial charge >= 0.3 is 0 Å². The van der Waals surface area contributed by atoms with Gasteiger partial charge in [-0.1, -0.05) is 62.0 Å². The van der Waals surface area contributed by atoms with Crippen molar-refractivity contribution in [2.24, 2.45) is 28.6 Å². The fourth-order valence-electron chi connectivity index (χ4n) is 3.34. The summed E-state index contributed by atoms with van der Waals surface area (Å²) in [5.74, 6) is 2.94. The number of hydrogen-bond acceptors (Lipinski definition) is 1. The largest absolute Gasteiger partial charge is 0.495 e. The third-order valence-electron chi connectivity index (χ3n) is 5.59. The molecule has 1 rings (SSSR count). The van der Waals surface area contributed by atoms with Crippen molar-refractivity contribution >= 4 is 0 Å². The van der Waals surface area contributed by atoms with Crippen LogP contribution >= 0.6 is 0 Å². The Bertz CT molecular complexity index is 320. The Labute approximate surface area is 133 Å². The average Bonchev–Trinajstić information content (AvgIpc) is 2.35. The van der Waals surface area contributed by atoms with Gasteiger partial charge in [0.15, 0.2) is 0 Å². The molecule has 0 aromatic carbocycles. The van der Waals surface area contributed by atoms with Crippen LogP contribution in [0.5, 0.6) is 0 Å². The molecule has 1 heteroatoms. The Morgan fingerprint density at radius 3 is 1.76 bits per heavy atom. The van der Waals surface area contributed by atoms with Crippen LogP contribution in [-0.4, -0.2) is 6.10 Å². The predicted octanol–water partition coefficient (Wildman–Crippen LogP) is 6.44. The summed E-state index contributed by atoms with van der Waals surface area (Å²) in [7, 11) is 0. The summed E-state index contributed by atoms with van der Waals surface area (Å²) in [5.41, 5.74) is 0.729. The molecule has 1 aliphatic carbocycles. The SMILES string of the molecule is C=C(OC1CC(C(C)(C)C)CC(C(C)(C)C)C1)C(C)CC. The maximum atomic E-state index is 6.30. The minimum Gasteiger partial charge on any atom is -0.495 e. The maximum absolute atomic E-state index is 6.30. The minimum absolute atomic E-state index is 0.355. The molecule has 1 saturated carbocycles. The Kier molecular flexibility index (Phi) is 5.98. The van der Waals surface area contributed by atoms with E-state index in [1.807, 2.05) is 0 Å². The fourth-order valence-corrected chi connectivity index (χ4v) is 3.34. The quantitative estimate of drug-likeness (QED) is 0.542. The van der Waals surface area contributed by atoms with Crippen LogP contribution in [0.3, 0.4) is 0 Å². The van der Waals surface area contributed by atoms with E-state index >= 15 is 0 Å². The molecule has 124 valence electrons. The average molecular weight is 295 g/mol. The van der Waals surface area contributed by atoms with Gasteiger partial charge in [0.05, 0.1) is 11.9 Å². The van der Waals surface area contributed by atoms with Crippen LogP contribution in [0.1, 0.15) is 81.1 Å². The zero-order valence-corrected chi connectivity index (χ0v) is 15.8. The summed E-state index contributed by atoms with van der Waals surface area (Å²) in [5, 5.41) is 0. The van der Waals surface area contributed by atoms with Crippen LogP contribution in [0.2, 0.25) is 0 Å². The summed E-state index contributed by atoms with van der Waals surface area (Å²) in [4.78, 5) is 0. The standard InChI is InChI=1S/C20H38O/c1-10-14(2)15(3)21-18-12-16(19(4,5)6)11-17(13-18)20(7,8)9/h14,16-18H,3,10-13H2,1-2,4-9H3. The Hall–Kier alpha value is -0.460. The van der Waals surface area contributed by atoms with E-state index in [4.69, 9.17) is 4.74 Å². The van der Waals surface area contributed by atoms with Gasteiger partial charge in [-0.05, 0) is 48.3 Å². The van der Waals surface area contributed by atoms with Crippen molar-refractivity contribution in [2.75, 3.05) is 0 Å². The molecule has 1 aliphatic rings. The zero-order chi connectivity index (χ0) is 16.4.